The number of nitrogens with one attached hydrogen (secondary N) is 2. The summed E-state index contributed by atoms with van der Waals surface area (Å²) in [5.74, 6) is 1.09. The van der Waals surface area contributed by atoms with Crippen LogP contribution in [0.5, 0.6) is 0 Å². The standard InChI is InChI=1S/C14H25N3O2S2/c1-4-20-13-6-5-11(7-13)16-21(18,19)14-8-12(9-15-2)17(3)10-14/h8,10-11,13,15-16H,4-7,9H2,1-3H3. The number of nitrogens with zero attached hydrogens (tertiary/aromatic N) is 1. The molecule has 0 aromatic carbocycles. The lowest BCUT2D eigenvalue weighted by Crippen LogP contribution is -2.33. The SMILES string of the molecule is CCSC1CCC(NS(=O)(=O)c2cc(CNC)n(C)c2)C1. The topological polar surface area (TPSA) is 63.1 Å². The van der Waals surface area contributed by atoms with E-state index in [1.807, 2.05) is 30.4 Å². The van der Waals surface area contributed by atoms with E-state index in [4.69, 9.17) is 0 Å². The first-order valence-electron chi connectivity index (χ1n) is 7.40. The third-order valence-electron chi connectivity index (χ3n) is 3.86. The number of aromatic nitrogens is 1. The summed E-state index contributed by atoms with van der Waals surface area (Å²) in [6, 6.07) is 1.82. The highest BCUT2D eigenvalue weighted by Gasteiger charge is 2.29. The molecular formula is C14H25N3O2S2. The summed E-state index contributed by atoms with van der Waals surface area (Å²) in [7, 11) is 0.311. The van der Waals surface area contributed by atoms with Crippen LogP contribution in [0.3, 0.4) is 0 Å². The van der Waals surface area contributed by atoms with Gasteiger partial charge in [0.2, 0.25) is 10.0 Å². The van der Waals surface area contributed by atoms with Crippen molar-refractivity contribution < 1.29 is 8.42 Å². The van der Waals surface area contributed by atoms with Crippen LogP contribution >= 0.6 is 11.8 Å². The molecule has 2 atom stereocenters. The highest BCUT2D eigenvalue weighted by molar-refractivity contribution is 7.99. The molecule has 5 nitrogen and oxygen atoms in total. The molecule has 7 heteroatoms. The number of hydrogen-bond acceptors (Lipinski definition) is 4. The van der Waals surface area contributed by atoms with Crippen molar-refractivity contribution in [1.82, 2.24) is 14.6 Å². The van der Waals surface area contributed by atoms with Crippen molar-refractivity contribution in [2.45, 2.75) is 48.9 Å². The summed E-state index contributed by atoms with van der Waals surface area (Å²) in [5.41, 5.74) is 0.962. The first-order chi connectivity index (χ1) is 9.96. The molecular weight excluding hydrogens is 306 g/mol. The minimum atomic E-state index is -3.41. The fourth-order valence-electron chi connectivity index (χ4n) is 2.80. The van der Waals surface area contributed by atoms with Crippen molar-refractivity contribution in [1.29, 1.82) is 0 Å². The number of hydrogen-bond donors (Lipinski definition) is 2. The van der Waals surface area contributed by atoms with Crippen LogP contribution < -0.4 is 10.0 Å². The number of rotatable bonds is 7. The van der Waals surface area contributed by atoms with E-state index in [9.17, 15) is 8.42 Å². The van der Waals surface area contributed by atoms with Crippen LogP contribution in [-0.4, -0.2) is 37.1 Å². The number of thioether (sulfide) groups is 1. The Balaban J connectivity index is 2.03. The molecule has 0 amide bonds. The first-order valence-corrected chi connectivity index (χ1v) is 9.93. The normalized spacial score (nSPS) is 22.8. The lowest BCUT2D eigenvalue weighted by atomic mass is 10.3. The van der Waals surface area contributed by atoms with Gasteiger partial charge in [0.15, 0.2) is 0 Å². The quantitative estimate of drug-likeness (QED) is 0.798. The van der Waals surface area contributed by atoms with Crippen LogP contribution in [0.15, 0.2) is 17.2 Å². The van der Waals surface area contributed by atoms with Crippen LogP contribution in [0.4, 0.5) is 0 Å². The molecule has 1 aromatic heterocycles. The Bertz CT molecular complexity index is 569. The second-order valence-corrected chi connectivity index (χ2v) is 8.81. The molecule has 1 fully saturated rings. The molecule has 2 N–H and O–H groups in total. The van der Waals surface area contributed by atoms with E-state index >= 15 is 0 Å². The fourth-order valence-corrected chi connectivity index (χ4v) is 5.32. The van der Waals surface area contributed by atoms with Crippen LogP contribution in [0.2, 0.25) is 0 Å². The maximum atomic E-state index is 12.5. The van der Waals surface area contributed by atoms with Crippen molar-refractivity contribution in [3.63, 3.8) is 0 Å². The predicted molar refractivity (Wildman–Crippen MR) is 88.1 cm³/mol. The molecule has 0 radical (unpaired) electrons. The average Bonchev–Trinajstić information content (AvgIpc) is 2.98. The van der Waals surface area contributed by atoms with Gasteiger partial charge in [0.05, 0.1) is 4.90 Å². The van der Waals surface area contributed by atoms with Gasteiger partial charge in [0, 0.05) is 36.8 Å². The monoisotopic (exact) mass is 331 g/mol. The van der Waals surface area contributed by atoms with Gasteiger partial charge in [-0.15, -0.1) is 0 Å². The lowest BCUT2D eigenvalue weighted by Gasteiger charge is -2.12. The van der Waals surface area contributed by atoms with Gasteiger partial charge in [-0.3, -0.25) is 0 Å². The third-order valence-corrected chi connectivity index (χ3v) is 6.58. The second-order valence-electron chi connectivity index (χ2n) is 5.52. The molecule has 1 aromatic rings. The molecule has 120 valence electrons. The van der Waals surface area contributed by atoms with Gasteiger partial charge in [-0.05, 0) is 38.1 Å². The Hall–Kier alpha value is -0.500. The number of aryl methyl sites for hydroxylation is 1. The fraction of sp³-hybridized carbons (Fsp3) is 0.714. The molecule has 21 heavy (non-hydrogen) atoms. The second kappa shape index (κ2) is 7.17. The zero-order valence-corrected chi connectivity index (χ0v) is 14.6. The predicted octanol–water partition coefficient (Wildman–Crippen LogP) is 1.70. The van der Waals surface area contributed by atoms with Gasteiger partial charge >= 0.3 is 0 Å². The molecule has 0 spiro atoms. The largest absolute Gasteiger partial charge is 0.352 e. The summed E-state index contributed by atoms with van der Waals surface area (Å²) in [5, 5.41) is 3.64. The van der Waals surface area contributed by atoms with E-state index in [2.05, 4.69) is 17.0 Å². The van der Waals surface area contributed by atoms with Gasteiger partial charge in [0.1, 0.15) is 0 Å². The van der Waals surface area contributed by atoms with Crippen LogP contribution in [0.1, 0.15) is 31.9 Å². The molecule has 1 aliphatic carbocycles. The summed E-state index contributed by atoms with van der Waals surface area (Å²) in [4.78, 5) is 0.363. The Morgan fingerprint density at radius 1 is 1.43 bits per heavy atom. The zero-order chi connectivity index (χ0) is 15.5. The van der Waals surface area contributed by atoms with Gasteiger partial charge < -0.3 is 9.88 Å². The maximum absolute atomic E-state index is 12.5. The minimum absolute atomic E-state index is 0.0759. The average molecular weight is 332 g/mol. The van der Waals surface area contributed by atoms with Gasteiger partial charge in [-0.1, -0.05) is 6.92 Å². The van der Waals surface area contributed by atoms with Gasteiger partial charge in [-0.25, -0.2) is 13.1 Å². The zero-order valence-electron chi connectivity index (χ0n) is 12.9. The summed E-state index contributed by atoms with van der Waals surface area (Å²) < 4.78 is 29.7. The molecule has 0 aliphatic heterocycles. The van der Waals surface area contributed by atoms with E-state index in [0.29, 0.717) is 16.7 Å². The Labute approximate surface area is 131 Å². The van der Waals surface area contributed by atoms with E-state index in [1.54, 1.807) is 12.3 Å². The van der Waals surface area contributed by atoms with Crippen LogP contribution in [-0.2, 0) is 23.6 Å². The Kier molecular flexibility index (Phi) is 5.76. The lowest BCUT2D eigenvalue weighted by molar-refractivity contribution is 0.552. The minimum Gasteiger partial charge on any atom is -0.352 e. The smallest absolute Gasteiger partial charge is 0.242 e. The van der Waals surface area contributed by atoms with E-state index in [0.717, 1.165) is 30.7 Å². The van der Waals surface area contributed by atoms with Gasteiger partial charge in [-0.2, -0.15) is 11.8 Å². The Morgan fingerprint density at radius 2 is 2.19 bits per heavy atom. The van der Waals surface area contributed by atoms with E-state index in [1.165, 1.54) is 0 Å². The summed E-state index contributed by atoms with van der Waals surface area (Å²) >= 11 is 1.93. The van der Waals surface area contributed by atoms with Crippen molar-refractivity contribution in [3.05, 3.63) is 18.0 Å². The maximum Gasteiger partial charge on any atom is 0.242 e. The summed E-state index contributed by atoms with van der Waals surface area (Å²) in [6.07, 6.45) is 4.66. The highest BCUT2D eigenvalue weighted by Crippen LogP contribution is 2.30. The Morgan fingerprint density at radius 3 is 2.86 bits per heavy atom. The van der Waals surface area contributed by atoms with Gasteiger partial charge in [0.25, 0.3) is 0 Å². The van der Waals surface area contributed by atoms with Crippen molar-refractivity contribution in [2.75, 3.05) is 12.8 Å². The molecule has 1 aliphatic rings. The van der Waals surface area contributed by atoms with Crippen molar-refractivity contribution >= 4 is 21.8 Å². The van der Waals surface area contributed by atoms with Crippen LogP contribution in [0.25, 0.3) is 0 Å². The molecule has 2 unspecified atom stereocenters. The first kappa shape index (κ1) is 16.9. The van der Waals surface area contributed by atoms with E-state index in [-0.39, 0.29) is 6.04 Å². The molecule has 2 rings (SSSR count). The van der Waals surface area contributed by atoms with E-state index < -0.39 is 10.0 Å². The third kappa shape index (κ3) is 4.25. The van der Waals surface area contributed by atoms with Crippen molar-refractivity contribution in [3.8, 4) is 0 Å². The number of sulfonamides is 1. The molecule has 0 saturated heterocycles. The summed E-state index contributed by atoms with van der Waals surface area (Å²) in [6.45, 7) is 2.81. The molecule has 0 bridgehead atoms. The van der Waals surface area contributed by atoms with Crippen molar-refractivity contribution in [2.24, 2.45) is 7.05 Å². The molecule has 1 saturated carbocycles. The molecule has 1 heterocycles. The van der Waals surface area contributed by atoms with Crippen LogP contribution in [0, 0.1) is 0 Å². The highest BCUT2D eigenvalue weighted by atomic mass is 32.2.